The molecule has 0 saturated heterocycles. The Balaban J connectivity index is 3.68. The summed E-state index contributed by atoms with van der Waals surface area (Å²) < 4.78 is 15.8. The fourth-order valence-electron chi connectivity index (χ4n) is 1.15. The van der Waals surface area contributed by atoms with Crippen LogP contribution < -0.4 is 5.32 Å². The van der Waals surface area contributed by atoms with Crippen molar-refractivity contribution in [2.75, 3.05) is 27.4 Å². The fourth-order valence-corrected chi connectivity index (χ4v) is 1.15. The maximum Gasteiger partial charge on any atom is 0.406 e. The minimum absolute atomic E-state index is 0.202. The molecule has 0 aromatic carbocycles. The maximum atomic E-state index is 10.8. The van der Waals surface area contributed by atoms with Gasteiger partial charge in [-0.3, -0.25) is 0 Å². The summed E-state index contributed by atoms with van der Waals surface area (Å²) in [5, 5.41) is 2.40. The molecule has 1 atom stereocenters. The summed E-state index contributed by atoms with van der Waals surface area (Å²) in [6.07, 6.45) is 1.32. The number of nitrogens with one attached hydrogen (secondary N) is 1. The Kier molecular flexibility index (Phi) is 7.91. The predicted molar refractivity (Wildman–Crippen MR) is 66.1 cm³/mol. The normalized spacial score (nSPS) is 13.2. The zero-order valence-corrected chi connectivity index (χ0v) is 11.5. The third kappa shape index (κ3) is 8.94. The molecule has 17 heavy (non-hydrogen) atoms. The number of ether oxygens (including phenoxy) is 3. The molecule has 0 aromatic heterocycles. The van der Waals surface area contributed by atoms with Crippen molar-refractivity contribution in [2.24, 2.45) is 0 Å². The van der Waals surface area contributed by atoms with E-state index < -0.39 is 6.09 Å². The van der Waals surface area contributed by atoms with E-state index in [-0.39, 0.29) is 11.7 Å². The van der Waals surface area contributed by atoms with Gasteiger partial charge in [0.2, 0.25) is 0 Å². The monoisotopic (exact) mass is 247 g/mol. The van der Waals surface area contributed by atoms with Crippen LogP contribution in [0.3, 0.4) is 0 Å². The summed E-state index contributed by atoms with van der Waals surface area (Å²) in [4.78, 5) is 10.8. The number of hydrogen-bond donors (Lipinski definition) is 1. The molecule has 1 N–H and O–H groups in total. The van der Waals surface area contributed by atoms with E-state index in [4.69, 9.17) is 14.2 Å². The average Bonchev–Trinajstić information content (AvgIpc) is 2.27. The van der Waals surface area contributed by atoms with E-state index in [1.807, 2.05) is 20.8 Å². The Morgan fingerprint density at radius 2 is 2.00 bits per heavy atom. The van der Waals surface area contributed by atoms with Crippen molar-refractivity contribution in [3.63, 3.8) is 0 Å². The molecule has 102 valence electrons. The van der Waals surface area contributed by atoms with Crippen LogP contribution in [0.5, 0.6) is 0 Å². The molecule has 0 fully saturated rings. The lowest BCUT2D eigenvalue weighted by atomic mass is 10.1. The van der Waals surface area contributed by atoms with E-state index in [1.54, 1.807) is 7.11 Å². The summed E-state index contributed by atoms with van der Waals surface area (Å²) >= 11 is 0. The highest BCUT2D eigenvalue weighted by Gasteiger charge is 2.19. The predicted octanol–water partition coefficient (Wildman–Crippen LogP) is 1.95. The second-order valence-electron chi connectivity index (χ2n) is 4.58. The topological polar surface area (TPSA) is 56.8 Å². The quantitative estimate of drug-likeness (QED) is 0.712. The smallest absolute Gasteiger partial charge is 0.406 e. The molecule has 0 bridgehead atoms. The standard InChI is InChI=1S/C12H25NO4/c1-10(15-5)6-8-17-12(2,3)7-9-16-11(14)13-4/h10H,6-9H2,1-5H3,(H,13,14). The molecule has 0 rings (SSSR count). The molecule has 0 heterocycles. The molecule has 1 unspecified atom stereocenters. The van der Waals surface area contributed by atoms with E-state index in [1.165, 1.54) is 7.05 Å². The molecule has 0 aliphatic heterocycles. The molecule has 0 spiro atoms. The Hall–Kier alpha value is -0.810. The van der Waals surface area contributed by atoms with Crippen molar-refractivity contribution in [3.05, 3.63) is 0 Å². The van der Waals surface area contributed by atoms with Gasteiger partial charge in [0, 0.05) is 27.2 Å². The fraction of sp³-hybridized carbons (Fsp3) is 0.917. The van der Waals surface area contributed by atoms with Crippen LogP contribution in [-0.4, -0.2) is 45.2 Å². The summed E-state index contributed by atoms with van der Waals surface area (Å²) in [5.41, 5.74) is -0.290. The number of hydrogen-bond acceptors (Lipinski definition) is 4. The Bertz CT molecular complexity index is 219. The van der Waals surface area contributed by atoms with Crippen molar-refractivity contribution in [1.82, 2.24) is 5.32 Å². The zero-order valence-electron chi connectivity index (χ0n) is 11.5. The second-order valence-corrected chi connectivity index (χ2v) is 4.58. The van der Waals surface area contributed by atoms with Crippen LogP contribution in [0.15, 0.2) is 0 Å². The first-order chi connectivity index (χ1) is 7.91. The average molecular weight is 247 g/mol. The number of rotatable bonds is 8. The van der Waals surface area contributed by atoms with E-state index in [2.05, 4.69) is 5.32 Å². The molecular formula is C12H25NO4. The third-order valence-corrected chi connectivity index (χ3v) is 2.56. The summed E-state index contributed by atoms with van der Waals surface area (Å²) in [7, 11) is 3.23. The molecule has 0 aliphatic rings. The maximum absolute atomic E-state index is 10.8. The first-order valence-electron chi connectivity index (χ1n) is 5.92. The number of carbonyl (C=O) groups is 1. The van der Waals surface area contributed by atoms with Gasteiger partial charge in [-0.15, -0.1) is 0 Å². The summed E-state index contributed by atoms with van der Waals surface area (Å²) in [6.45, 7) is 6.97. The van der Waals surface area contributed by atoms with Crippen LogP contribution in [-0.2, 0) is 14.2 Å². The van der Waals surface area contributed by atoms with Crippen LogP contribution in [0.1, 0.15) is 33.6 Å². The van der Waals surface area contributed by atoms with Gasteiger partial charge in [-0.2, -0.15) is 0 Å². The molecule has 0 saturated carbocycles. The summed E-state index contributed by atoms with van der Waals surface area (Å²) in [6, 6.07) is 0. The highest BCUT2D eigenvalue weighted by molar-refractivity contribution is 5.66. The molecule has 0 aliphatic carbocycles. The Morgan fingerprint density at radius 3 is 2.53 bits per heavy atom. The van der Waals surface area contributed by atoms with E-state index in [0.29, 0.717) is 19.6 Å². The van der Waals surface area contributed by atoms with Gasteiger partial charge in [-0.25, -0.2) is 4.79 Å². The van der Waals surface area contributed by atoms with Crippen LogP contribution in [0.25, 0.3) is 0 Å². The Labute approximate surface area is 104 Å². The minimum atomic E-state index is -0.409. The van der Waals surface area contributed by atoms with Gasteiger partial charge >= 0.3 is 6.09 Å². The lowest BCUT2D eigenvalue weighted by molar-refractivity contribution is -0.0468. The van der Waals surface area contributed by atoms with Crippen LogP contribution in [0.2, 0.25) is 0 Å². The number of carbonyl (C=O) groups excluding carboxylic acids is 1. The molecule has 1 amide bonds. The SMILES string of the molecule is CNC(=O)OCCC(C)(C)OCCC(C)OC. The first-order valence-corrected chi connectivity index (χ1v) is 5.92. The first kappa shape index (κ1) is 16.2. The molecule has 0 aromatic rings. The van der Waals surface area contributed by atoms with Gasteiger partial charge in [-0.05, 0) is 27.2 Å². The number of alkyl carbamates (subject to hydrolysis) is 1. The third-order valence-electron chi connectivity index (χ3n) is 2.56. The molecule has 5 nitrogen and oxygen atoms in total. The van der Waals surface area contributed by atoms with Crippen molar-refractivity contribution in [3.8, 4) is 0 Å². The van der Waals surface area contributed by atoms with E-state index >= 15 is 0 Å². The van der Waals surface area contributed by atoms with E-state index in [0.717, 1.165) is 6.42 Å². The van der Waals surface area contributed by atoms with Crippen molar-refractivity contribution >= 4 is 6.09 Å². The lowest BCUT2D eigenvalue weighted by Crippen LogP contribution is -2.29. The van der Waals surface area contributed by atoms with E-state index in [9.17, 15) is 4.79 Å². The second kappa shape index (κ2) is 8.31. The Morgan fingerprint density at radius 1 is 1.35 bits per heavy atom. The summed E-state index contributed by atoms with van der Waals surface area (Å²) in [5.74, 6) is 0. The molecule has 5 heteroatoms. The van der Waals surface area contributed by atoms with Crippen LogP contribution in [0.4, 0.5) is 4.79 Å². The molecular weight excluding hydrogens is 222 g/mol. The lowest BCUT2D eigenvalue weighted by Gasteiger charge is -2.25. The van der Waals surface area contributed by atoms with Gasteiger partial charge < -0.3 is 19.5 Å². The van der Waals surface area contributed by atoms with Gasteiger partial charge in [0.05, 0.1) is 18.3 Å². The van der Waals surface area contributed by atoms with Crippen LogP contribution >= 0.6 is 0 Å². The minimum Gasteiger partial charge on any atom is -0.449 e. The highest BCUT2D eigenvalue weighted by atomic mass is 16.6. The number of amides is 1. The van der Waals surface area contributed by atoms with Gasteiger partial charge in [0.25, 0.3) is 0 Å². The number of methoxy groups -OCH3 is 1. The van der Waals surface area contributed by atoms with Gasteiger partial charge in [0.1, 0.15) is 0 Å². The van der Waals surface area contributed by atoms with Crippen LogP contribution in [0, 0.1) is 0 Å². The molecule has 0 radical (unpaired) electrons. The highest BCUT2D eigenvalue weighted by Crippen LogP contribution is 2.15. The largest absolute Gasteiger partial charge is 0.449 e. The van der Waals surface area contributed by atoms with Gasteiger partial charge in [-0.1, -0.05) is 0 Å². The zero-order chi connectivity index (χ0) is 13.3. The van der Waals surface area contributed by atoms with Crippen molar-refractivity contribution < 1.29 is 19.0 Å². The van der Waals surface area contributed by atoms with Crippen molar-refractivity contribution in [2.45, 2.75) is 45.3 Å². The van der Waals surface area contributed by atoms with Crippen molar-refractivity contribution in [1.29, 1.82) is 0 Å². The van der Waals surface area contributed by atoms with Gasteiger partial charge in [0.15, 0.2) is 0 Å².